The number of carbonyl (C=O) groups excluding carboxylic acids is 3. The van der Waals surface area contributed by atoms with Crippen LogP contribution in [-0.4, -0.2) is 17.8 Å². The molecule has 1 N–H and O–H groups in total. The van der Waals surface area contributed by atoms with Gasteiger partial charge in [-0.05, 0) is 29.5 Å². The molecule has 116 valence electrons. The van der Waals surface area contributed by atoms with E-state index in [9.17, 15) is 14.4 Å². The Hall–Kier alpha value is -2.43. The summed E-state index contributed by atoms with van der Waals surface area (Å²) < 4.78 is 5.22. The van der Waals surface area contributed by atoms with Gasteiger partial charge in [0.05, 0.1) is 6.42 Å². The lowest BCUT2D eigenvalue weighted by Gasteiger charge is -2.10. The van der Waals surface area contributed by atoms with Crippen molar-refractivity contribution in [3.63, 3.8) is 0 Å². The topological polar surface area (TPSA) is 72.5 Å². The summed E-state index contributed by atoms with van der Waals surface area (Å²) in [4.78, 5) is 34.2. The first-order valence-electron chi connectivity index (χ1n) is 7.35. The Morgan fingerprint density at radius 3 is 2.50 bits per heavy atom. The first-order valence-corrected chi connectivity index (χ1v) is 7.35. The highest BCUT2D eigenvalue weighted by molar-refractivity contribution is 6.17. The number of ether oxygens (including phenoxy) is 1. The SMILES string of the molecule is CCc1ccc(COC(=O)CC2=CC(=O)NC2=O)c(CC)c1. The number of nitrogens with one attached hydrogen (secondary N) is 1. The molecule has 0 saturated heterocycles. The van der Waals surface area contributed by atoms with Gasteiger partial charge in [0.2, 0.25) is 0 Å². The molecule has 5 heteroatoms. The summed E-state index contributed by atoms with van der Waals surface area (Å²) in [7, 11) is 0. The molecule has 0 saturated carbocycles. The Kier molecular flexibility index (Phi) is 5.09. The lowest BCUT2D eigenvalue weighted by molar-refractivity contribution is -0.144. The molecule has 0 aromatic heterocycles. The molecule has 0 spiro atoms. The molecule has 1 aromatic rings. The molecular formula is C17H19NO4. The summed E-state index contributed by atoms with van der Waals surface area (Å²) in [5.74, 6) is -1.53. The van der Waals surface area contributed by atoms with Gasteiger partial charge in [0, 0.05) is 11.6 Å². The molecule has 0 bridgehead atoms. The molecule has 5 nitrogen and oxygen atoms in total. The molecule has 1 aliphatic rings. The Morgan fingerprint density at radius 2 is 1.91 bits per heavy atom. The van der Waals surface area contributed by atoms with E-state index in [0.717, 1.165) is 30.0 Å². The molecule has 0 unspecified atom stereocenters. The first-order chi connectivity index (χ1) is 10.5. The van der Waals surface area contributed by atoms with Crippen LogP contribution >= 0.6 is 0 Å². The highest BCUT2D eigenvalue weighted by Crippen LogP contribution is 2.16. The highest BCUT2D eigenvalue weighted by Gasteiger charge is 2.23. The molecule has 0 aliphatic carbocycles. The van der Waals surface area contributed by atoms with Crippen LogP contribution in [-0.2, 0) is 38.6 Å². The third-order valence-corrected chi connectivity index (χ3v) is 3.62. The van der Waals surface area contributed by atoms with Gasteiger partial charge in [0.1, 0.15) is 6.61 Å². The lowest BCUT2D eigenvalue weighted by Crippen LogP contribution is -2.23. The van der Waals surface area contributed by atoms with Gasteiger partial charge in [0.25, 0.3) is 11.8 Å². The van der Waals surface area contributed by atoms with Crippen LogP contribution in [0.15, 0.2) is 29.8 Å². The Labute approximate surface area is 129 Å². The maximum atomic E-state index is 11.8. The van der Waals surface area contributed by atoms with Crippen molar-refractivity contribution in [1.29, 1.82) is 0 Å². The van der Waals surface area contributed by atoms with Crippen molar-refractivity contribution in [3.8, 4) is 0 Å². The zero-order valence-electron chi connectivity index (χ0n) is 12.8. The van der Waals surface area contributed by atoms with Gasteiger partial charge in [-0.2, -0.15) is 0 Å². The molecular weight excluding hydrogens is 282 g/mol. The third-order valence-electron chi connectivity index (χ3n) is 3.62. The minimum atomic E-state index is -0.525. The zero-order valence-corrected chi connectivity index (χ0v) is 12.8. The van der Waals surface area contributed by atoms with Gasteiger partial charge in [0.15, 0.2) is 0 Å². The van der Waals surface area contributed by atoms with Crippen LogP contribution in [0, 0.1) is 0 Å². The second kappa shape index (κ2) is 7.02. The second-order valence-corrected chi connectivity index (χ2v) is 5.14. The van der Waals surface area contributed by atoms with Gasteiger partial charge in [-0.3, -0.25) is 19.7 Å². The van der Waals surface area contributed by atoms with Crippen molar-refractivity contribution < 1.29 is 19.1 Å². The molecule has 1 heterocycles. The van der Waals surface area contributed by atoms with E-state index < -0.39 is 17.8 Å². The molecule has 2 amide bonds. The number of esters is 1. The smallest absolute Gasteiger partial charge is 0.310 e. The van der Waals surface area contributed by atoms with Gasteiger partial charge in [-0.15, -0.1) is 0 Å². The van der Waals surface area contributed by atoms with Crippen LogP contribution < -0.4 is 5.32 Å². The maximum absolute atomic E-state index is 11.8. The number of hydrogen-bond acceptors (Lipinski definition) is 4. The molecule has 0 fully saturated rings. The van der Waals surface area contributed by atoms with Crippen LogP contribution in [0.2, 0.25) is 0 Å². The van der Waals surface area contributed by atoms with E-state index in [0.29, 0.717) is 0 Å². The van der Waals surface area contributed by atoms with E-state index in [1.807, 2.05) is 12.1 Å². The number of benzene rings is 1. The van der Waals surface area contributed by atoms with Crippen molar-refractivity contribution in [3.05, 3.63) is 46.5 Å². The molecule has 2 rings (SSSR count). The number of hydrogen-bond donors (Lipinski definition) is 1. The van der Waals surface area contributed by atoms with Gasteiger partial charge in [-0.1, -0.05) is 32.0 Å². The van der Waals surface area contributed by atoms with E-state index >= 15 is 0 Å². The van der Waals surface area contributed by atoms with E-state index in [-0.39, 0.29) is 18.6 Å². The van der Waals surface area contributed by atoms with Gasteiger partial charge >= 0.3 is 5.97 Å². The molecule has 0 radical (unpaired) electrons. The predicted molar refractivity (Wildman–Crippen MR) is 80.8 cm³/mol. The Morgan fingerprint density at radius 1 is 1.14 bits per heavy atom. The van der Waals surface area contributed by atoms with E-state index in [1.165, 1.54) is 5.56 Å². The number of carbonyl (C=O) groups is 3. The second-order valence-electron chi connectivity index (χ2n) is 5.14. The van der Waals surface area contributed by atoms with E-state index in [1.54, 1.807) is 0 Å². The number of amides is 2. The largest absolute Gasteiger partial charge is 0.461 e. The highest BCUT2D eigenvalue weighted by atomic mass is 16.5. The van der Waals surface area contributed by atoms with Crippen molar-refractivity contribution >= 4 is 17.8 Å². The summed E-state index contributed by atoms with van der Waals surface area (Å²) in [6, 6.07) is 6.11. The third kappa shape index (κ3) is 3.81. The summed E-state index contributed by atoms with van der Waals surface area (Å²) in [5.41, 5.74) is 3.51. The number of rotatable bonds is 6. The van der Waals surface area contributed by atoms with Crippen molar-refractivity contribution in [1.82, 2.24) is 5.32 Å². The molecule has 22 heavy (non-hydrogen) atoms. The van der Waals surface area contributed by atoms with Crippen molar-refractivity contribution in [2.45, 2.75) is 39.7 Å². The fourth-order valence-corrected chi connectivity index (χ4v) is 2.32. The molecule has 1 aliphatic heterocycles. The number of imide groups is 1. The zero-order chi connectivity index (χ0) is 16.1. The Balaban J connectivity index is 1.95. The van der Waals surface area contributed by atoms with Crippen LogP contribution in [0.25, 0.3) is 0 Å². The van der Waals surface area contributed by atoms with Crippen LogP contribution in [0.4, 0.5) is 0 Å². The average Bonchev–Trinajstić information content (AvgIpc) is 2.82. The minimum absolute atomic E-state index is 0.145. The molecule has 0 atom stereocenters. The Bertz CT molecular complexity index is 646. The quantitative estimate of drug-likeness (QED) is 0.642. The molecule has 1 aromatic carbocycles. The van der Waals surface area contributed by atoms with E-state index in [2.05, 4.69) is 25.2 Å². The van der Waals surface area contributed by atoms with Gasteiger partial charge < -0.3 is 4.74 Å². The predicted octanol–water partition coefficient (Wildman–Crippen LogP) is 1.83. The summed E-state index contributed by atoms with van der Waals surface area (Å²) >= 11 is 0. The maximum Gasteiger partial charge on any atom is 0.310 e. The summed E-state index contributed by atoms with van der Waals surface area (Å²) in [6.45, 7) is 4.32. The van der Waals surface area contributed by atoms with E-state index in [4.69, 9.17) is 4.74 Å². The minimum Gasteiger partial charge on any atom is -0.461 e. The van der Waals surface area contributed by atoms with Crippen LogP contribution in [0.3, 0.4) is 0 Å². The van der Waals surface area contributed by atoms with Crippen molar-refractivity contribution in [2.75, 3.05) is 0 Å². The first kappa shape index (κ1) is 15.9. The monoisotopic (exact) mass is 301 g/mol. The number of aryl methyl sites for hydroxylation is 2. The standard InChI is InChI=1S/C17H19NO4/c1-3-11-5-6-13(12(4-2)7-11)10-22-16(20)9-14-8-15(19)18-17(14)21/h5-8H,3-4,9-10H2,1-2H3,(H,18,19,21). The normalized spacial score (nSPS) is 13.8. The summed E-state index contributed by atoms with van der Waals surface area (Å²) in [6.07, 6.45) is 2.77. The fourth-order valence-electron chi connectivity index (χ4n) is 2.32. The average molecular weight is 301 g/mol. The van der Waals surface area contributed by atoms with Crippen LogP contribution in [0.5, 0.6) is 0 Å². The van der Waals surface area contributed by atoms with Crippen molar-refractivity contribution in [2.24, 2.45) is 0 Å². The van der Waals surface area contributed by atoms with Crippen LogP contribution in [0.1, 0.15) is 37.0 Å². The fraction of sp³-hybridized carbons (Fsp3) is 0.353. The lowest BCUT2D eigenvalue weighted by atomic mass is 10.0. The summed E-state index contributed by atoms with van der Waals surface area (Å²) in [5, 5.41) is 2.10. The van der Waals surface area contributed by atoms with Gasteiger partial charge in [-0.25, -0.2) is 0 Å².